The van der Waals surface area contributed by atoms with Gasteiger partial charge in [0.05, 0.1) is 0 Å². The van der Waals surface area contributed by atoms with Gasteiger partial charge < -0.3 is 9.26 Å². The zero-order valence-corrected chi connectivity index (χ0v) is 11.0. The second-order valence-corrected chi connectivity index (χ2v) is 5.10. The fourth-order valence-corrected chi connectivity index (χ4v) is 1.89. The van der Waals surface area contributed by atoms with Crippen molar-refractivity contribution in [3.63, 3.8) is 0 Å². The van der Waals surface area contributed by atoms with Crippen LogP contribution in [-0.2, 0) is 6.61 Å². The minimum Gasteiger partial charge on any atom is -0.482 e. The number of benzene rings is 1. The topological polar surface area (TPSA) is 48.2 Å². The van der Waals surface area contributed by atoms with Crippen LogP contribution in [0.1, 0.15) is 30.5 Å². The Morgan fingerprint density at radius 3 is 3.06 bits per heavy atom. The first-order chi connectivity index (χ1) is 8.72. The van der Waals surface area contributed by atoms with E-state index in [1.165, 1.54) is 6.07 Å². The van der Waals surface area contributed by atoms with Crippen molar-refractivity contribution in [2.24, 2.45) is 0 Å². The molecule has 94 valence electrons. The highest BCUT2D eigenvalue weighted by molar-refractivity contribution is 9.10. The summed E-state index contributed by atoms with van der Waals surface area (Å²) < 4.78 is 24.6. The molecule has 0 atom stereocenters. The van der Waals surface area contributed by atoms with Gasteiger partial charge in [0, 0.05) is 10.4 Å². The average Bonchev–Trinajstić information content (AvgIpc) is 3.10. The van der Waals surface area contributed by atoms with Crippen LogP contribution in [0.15, 0.2) is 27.2 Å². The van der Waals surface area contributed by atoms with Gasteiger partial charge in [-0.05, 0) is 31.0 Å². The van der Waals surface area contributed by atoms with Crippen LogP contribution in [0.2, 0.25) is 0 Å². The maximum Gasteiger partial charge on any atom is 0.229 e. The highest BCUT2D eigenvalue weighted by Crippen LogP contribution is 2.38. The molecule has 0 aliphatic heterocycles. The lowest BCUT2D eigenvalue weighted by Gasteiger charge is -2.04. The zero-order valence-electron chi connectivity index (χ0n) is 9.40. The van der Waals surface area contributed by atoms with E-state index in [1.54, 1.807) is 12.1 Å². The molecule has 0 N–H and O–H groups in total. The zero-order chi connectivity index (χ0) is 12.5. The Labute approximate surface area is 111 Å². The van der Waals surface area contributed by atoms with Crippen molar-refractivity contribution in [2.75, 3.05) is 0 Å². The molecule has 0 unspecified atom stereocenters. The molecular formula is C12H10BrFN2O2. The Balaban J connectivity index is 1.67. The number of hydrogen-bond acceptors (Lipinski definition) is 4. The highest BCUT2D eigenvalue weighted by atomic mass is 79.9. The largest absolute Gasteiger partial charge is 0.482 e. The molecular weight excluding hydrogens is 303 g/mol. The first kappa shape index (κ1) is 11.6. The van der Waals surface area contributed by atoms with Crippen molar-refractivity contribution in [3.8, 4) is 5.75 Å². The van der Waals surface area contributed by atoms with Crippen molar-refractivity contribution < 1.29 is 13.7 Å². The van der Waals surface area contributed by atoms with Gasteiger partial charge in [0.1, 0.15) is 0 Å². The maximum atomic E-state index is 13.4. The van der Waals surface area contributed by atoms with E-state index in [0.717, 1.165) is 17.3 Å². The van der Waals surface area contributed by atoms with Gasteiger partial charge in [-0.1, -0.05) is 21.1 Å². The Morgan fingerprint density at radius 1 is 1.44 bits per heavy atom. The Kier molecular flexibility index (Phi) is 3.03. The molecule has 0 saturated heterocycles. The minimum absolute atomic E-state index is 0.101. The van der Waals surface area contributed by atoms with Crippen LogP contribution in [0.4, 0.5) is 4.39 Å². The second-order valence-electron chi connectivity index (χ2n) is 4.19. The molecule has 1 heterocycles. The number of hydrogen-bond donors (Lipinski definition) is 0. The molecule has 0 radical (unpaired) electrons. The SMILES string of the molecule is Fc1ccc(Br)cc1OCc1noc(C2CC2)n1. The lowest BCUT2D eigenvalue weighted by atomic mass is 10.3. The van der Waals surface area contributed by atoms with Gasteiger partial charge in [-0.15, -0.1) is 0 Å². The standard InChI is InChI=1S/C12H10BrFN2O2/c13-8-3-4-9(14)10(5-8)17-6-11-15-12(18-16-11)7-1-2-7/h3-5,7H,1-2,6H2. The van der Waals surface area contributed by atoms with Crippen LogP contribution in [0.25, 0.3) is 0 Å². The summed E-state index contributed by atoms with van der Waals surface area (Å²) >= 11 is 3.26. The van der Waals surface area contributed by atoms with E-state index in [1.807, 2.05) is 0 Å². The van der Waals surface area contributed by atoms with Crippen LogP contribution in [0, 0.1) is 5.82 Å². The molecule has 18 heavy (non-hydrogen) atoms. The predicted molar refractivity (Wildman–Crippen MR) is 64.7 cm³/mol. The summed E-state index contributed by atoms with van der Waals surface area (Å²) in [4.78, 5) is 4.20. The molecule has 1 aromatic heterocycles. The smallest absolute Gasteiger partial charge is 0.229 e. The molecule has 1 aliphatic rings. The lowest BCUT2D eigenvalue weighted by molar-refractivity contribution is 0.272. The molecule has 1 aliphatic carbocycles. The monoisotopic (exact) mass is 312 g/mol. The highest BCUT2D eigenvalue weighted by Gasteiger charge is 2.29. The number of halogens is 2. The molecule has 0 amide bonds. The van der Waals surface area contributed by atoms with Gasteiger partial charge in [0.15, 0.2) is 18.2 Å². The van der Waals surface area contributed by atoms with Crippen molar-refractivity contribution >= 4 is 15.9 Å². The van der Waals surface area contributed by atoms with Gasteiger partial charge in [-0.25, -0.2) is 4.39 Å². The second kappa shape index (κ2) is 4.68. The van der Waals surface area contributed by atoms with Crippen LogP contribution < -0.4 is 4.74 Å². The number of nitrogens with zero attached hydrogens (tertiary/aromatic N) is 2. The van der Waals surface area contributed by atoms with Gasteiger partial charge in [0.25, 0.3) is 0 Å². The summed E-state index contributed by atoms with van der Waals surface area (Å²) in [5.74, 6) is 1.26. The van der Waals surface area contributed by atoms with E-state index >= 15 is 0 Å². The Morgan fingerprint density at radius 2 is 2.28 bits per heavy atom. The molecule has 4 nitrogen and oxygen atoms in total. The molecule has 2 aromatic rings. The molecule has 3 rings (SSSR count). The third-order valence-electron chi connectivity index (χ3n) is 2.66. The summed E-state index contributed by atoms with van der Waals surface area (Å²) in [5, 5.41) is 3.80. The fourth-order valence-electron chi connectivity index (χ4n) is 1.55. The Hall–Kier alpha value is -1.43. The van der Waals surface area contributed by atoms with Crippen LogP contribution >= 0.6 is 15.9 Å². The molecule has 6 heteroatoms. The van der Waals surface area contributed by atoms with Crippen LogP contribution in [-0.4, -0.2) is 10.1 Å². The fraction of sp³-hybridized carbons (Fsp3) is 0.333. The quantitative estimate of drug-likeness (QED) is 0.868. The van der Waals surface area contributed by atoms with Crippen molar-refractivity contribution in [1.29, 1.82) is 0 Å². The van der Waals surface area contributed by atoms with Gasteiger partial charge in [0.2, 0.25) is 11.7 Å². The number of rotatable bonds is 4. The summed E-state index contributed by atoms with van der Waals surface area (Å²) in [5.41, 5.74) is 0. The van der Waals surface area contributed by atoms with Gasteiger partial charge in [-0.2, -0.15) is 4.98 Å². The third kappa shape index (κ3) is 2.53. The maximum absolute atomic E-state index is 13.4. The van der Waals surface area contributed by atoms with E-state index in [4.69, 9.17) is 9.26 Å². The van der Waals surface area contributed by atoms with E-state index in [2.05, 4.69) is 26.1 Å². The summed E-state index contributed by atoms with van der Waals surface area (Å²) in [6.45, 7) is 0.101. The molecule has 0 bridgehead atoms. The first-order valence-corrected chi connectivity index (χ1v) is 6.42. The van der Waals surface area contributed by atoms with E-state index in [-0.39, 0.29) is 12.4 Å². The third-order valence-corrected chi connectivity index (χ3v) is 3.15. The summed E-state index contributed by atoms with van der Waals surface area (Å²) in [6.07, 6.45) is 2.20. The normalized spacial score (nSPS) is 14.8. The predicted octanol–water partition coefficient (Wildman–Crippen LogP) is 3.43. The molecule has 0 spiro atoms. The van der Waals surface area contributed by atoms with Crippen LogP contribution in [0.5, 0.6) is 5.75 Å². The molecule has 1 fully saturated rings. The van der Waals surface area contributed by atoms with E-state index in [9.17, 15) is 4.39 Å². The van der Waals surface area contributed by atoms with Crippen molar-refractivity contribution in [3.05, 3.63) is 40.2 Å². The van der Waals surface area contributed by atoms with Gasteiger partial charge in [-0.3, -0.25) is 0 Å². The minimum atomic E-state index is -0.413. The molecule has 1 saturated carbocycles. The first-order valence-electron chi connectivity index (χ1n) is 5.63. The van der Waals surface area contributed by atoms with Crippen molar-refractivity contribution in [1.82, 2.24) is 10.1 Å². The van der Waals surface area contributed by atoms with Crippen molar-refractivity contribution in [2.45, 2.75) is 25.4 Å². The Bertz CT molecular complexity index is 569. The average molecular weight is 313 g/mol. The lowest BCUT2D eigenvalue weighted by Crippen LogP contribution is -1.99. The van der Waals surface area contributed by atoms with E-state index in [0.29, 0.717) is 17.6 Å². The van der Waals surface area contributed by atoms with Crippen LogP contribution in [0.3, 0.4) is 0 Å². The van der Waals surface area contributed by atoms with Gasteiger partial charge >= 0.3 is 0 Å². The summed E-state index contributed by atoms with van der Waals surface area (Å²) in [7, 11) is 0. The van der Waals surface area contributed by atoms with E-state index < -0.39 is 5.82 Å². The molecule has 1 aromatic carbocycles. The number of aromatic nitrogens is 2. The summed E-state index contributed by atoms with van der Waals surface area (Å²) in [6, 6.07) is 4.52. The number of ether oxygens (including phenoxy) is 1.